The van der Waals surface area contributed by atoms with Gasteiger partial charge in [-0.1, -0.05) is 35.3 Å². The van der Waals surface area contributed by atoms with Crippen LogP contribution in [0.5, 0.6) is 0 Å². The van der Waals surface area contributed by atoms with Gasteiger partial charge in [-0.05, 0) is 61.1 Å². The second kappa shape index (κ2) is 6.70. The summed E-state index contributed by atoms with van der Waals surface area (Å²) >= 11 is 12.1. The lowest BCUT2D eigenvalue weighted by molar-refractivity contribution is 0.636. The summed E-state index contributed by atoms with van der Waals surface area (Å²) in [6.07, 6.45) is 6.88. The number of benzene rings is 2. The Hall–Kier alpha value is -1.64. The molecule has 3 heterocycles. The predicted octanol–water partition coefficient (Wildman–Crippen LogP) is 5.94. The standard InChI is InChI=1S/C11H10ClN.C9H10ClN/c12-10-4-3-8-2-1-6-13-7-5-9(10)11(8)13;10-8-4-1-5-9-7(8)3-2-6-11-9/h3-5,7H,1-2,6H2;1,4-5,11H,2-3,6H2. The normalized spacial score (nSPS) is 15.2. The lowest BCUT2D eigenvalue weighted by Crippen LogP contribution is -2.11. The van der Waals surface area contributed by atoms with Gasteiger partial charge in [0.05, 0.1) is 5.52 Å². The van der Waals surface area contributed by atoms with E-state index in [0.717, 1.165) is 29.6 Å². The second-order valence-corrected chi connectivity index (χ2v) is 7.19. The fourth-order valence-electron chi connectivity index (χ4n) is 3.66. The molecule has 2 nitrogen and oxygen atoms in total. The highest BCUT2D eigenvalue weighted by Crippen LogP contribution is 2.31. The van der Waals surface area contributed by atoms with Crippen molar-refractivity contribution in [2.75, 3.05) is 11.9 Å². The molecule has 2 aliphatic rings. The van der Waals surface area contributed by atoms with Crippen LogP contribution in [-0.2, 0) is 19.4 Å². The minimum absolute atomic E-state index is 0.874. The van der Waals surface area contributed by atoms with Gasteiger partial charge in [0, 0.05) is 40.4 Å². The highest BCUT2D eigenvalue weighted by atomic mass is 35.5. The number of anilines is 1. The maximum absolute atomic E-state index is 6.11. The van der Waals surface area contributed by atoms with Crippen molar-refractivity contribution in [3.8, 4) is 0 Å². The molecule has 2 aromatic carbocycles. The van der Waals surface area contributed by atoms with Crippen molar-refractivity contribution < 1.29 is 0 Å². The zero-order valence-corrected chi connectivity index (χ0v) is 15.0. The van der Waals surface area contributed by atoms with Crippen LogP contribution in [0.2, 0.25) is 10.0 Å². The van der Waals surface area contributed by atoms with E-state index in [1.807, 2.05) is 18.2 Å². The molecule has 5 rings (SSSR count). The Morgan fingerprint density at radius 1 is 0.917 bits per heavy atom. The van der Waals surface area contributed by atoms with E-state index in [1.165, 1.54) is 47.0 Å². The molecule has 124 valence electrons. The Labute approximate surface area is 152 Å². The molecule has 0 fully saturated rings. The summed E-state index contributed by atoms with van der Waals surface area (Å²) in [4.78, 5) is 0. The van der Waals surface area contributed by atoms with Gasteiger partial charge >= 0.3 is 0 Å². The summed E-state index contributed by atoms with van der Waals surface area (Å²) in [7, 11) is 0. The van der Waals surface area contributed by atoms with E-state index in [1.54, 1.807) is 0 Å². The fourth-order valence-corrected chi connectivity index (χ4v) is 4.14. The highest BCUT2D eigenvalue weighted by molar-refractivity contribution is 6.35. The van der Waals surface area contributed by atoms with Crippen LogP contribution in [-0.4, -0.2) is 11.1 Å². The third-order valence-corrected chi connectivity index (χ3v) is 5.52. The van der Waals surface area contributed by atoms with Crippen LogP contribution in [0.1, 0.15) is 24.0 Å². The van der Waals surface area contributed by atoms with E-state index in [4.69, 9.17) is 23.2 Å². The van der Waals surface area contributed by atoms with Crippen molar-refractivity contribution >= 4 is 39.8 Å². The number of rotatable bonds is 0. The second-order valence-electron chi connectivity index (χ2n) is 6.38. The minimum Gasteiger partial charge on any atom is -0.385 e. The van der Waals surface area contributed by atoms with Gasteiger partial charge in [-0.3, -0.25) is 0 Å². The lowest BCUT2D eigenvalue weighted by Gasteiger charge is -2.18. The van der Waals surface area contributed by atoms with Crippen LogP contribution in [0, 0.1) is 0 Å². The molecule has 1 N–H and O–H groups in total. The smallest absolute Gasteiger partial charge is 0.0527 e. The van der Waals surface area contributed by atoms with Gasteiger partial charge in [-0.25, -0.2) is 0 Å². The van der Waals surface area contributed by atoms with Gasteiger partial charge in [0.2, 0.25) is 0 Å². The largest absolute Gasteiger partial charge is 0.385 e. The van der Waals surface area contributed by atoms with Gasteiger partial charge in [-0.2, -0.15) is 0 Å². The maximum Gasteiger partial charge on any atom is 0.0527 e. The van der Waals surface area contributed by atoms with Gasteiger partial charge < -0.3 is 9.88 Å². The monoisotopic (exact) mass is 358 g/mol. The third kappa shape index (κ3) is 2.89. The van der Waals surface area contributed by atoms with Crippen molar-refractivity contribution in [2.45, 2.75) is 32.2 Å². The quantitative estimate of drug-likeness (QED) is 0.526. The Balaban J connectivity index is 0.000000123. The molecule has 0 bridgehead atoms. The number of aryl methyl sites for hydroxylation is 2. The van der Waals surface area contributed by atoms with Crippen molar-refractivity contribution in [1.29, 1.82) is 0 Å². The molecule has 2 aliphatic heterocycles. The van der Waals surface area contributed by atoms with E-state index in [-0.39, 0.29) is 0 Å². The summed E-state index contributed by atoms with van der Waals surface area (Å²) in [5.74, 6) is 0. The molecule has 4 heteroatoms. The first kappa shape index (κ1) is 15.9. The van der Waals surface area contributed by atoms with Crippen LogP contribution < -0.4 is 5.32 Å². The summed E-state index contributed by atoms with van der Waals surface area (Å²) in [6.45, 7) is 2.21. The predicted molar refractivity (Wildman–Crippen MR) is 104 cm³/mol. The zero-order chi connectivity index (χ0) is 16.5. The van der Waals surface area contributed by atoms with Gasteiger partial charge in [0.1, 0.15) is 0 Å². The average Bonchev–Trinajstić information content (AvgIpc) is 3.06. The average molecular weight is 359 g/mol. The number of fused-ring (bicyclic) bond motifs is 1. The van der Waals surface area contributed by atoms with E-state index in [2.05, 4.69) is 34.3 Å². The molecular weight excluding hydrogens is 339 g/mol. The molecule has 24 heavy (non-hydrogen) atoms. The molecule has 0 unspecified atom stereocenters. The lowest BCUT2D eigenvalue weighted by atomic mass is 10.0. The van der Waals surface area contributed by atoms with E-state index >= 15 is 0 Å². The number of hydrogen-bond acceptors (Lipinski definition) is 1. The Morgan fingerprint density at radius 2 is 1.83 bits per heavy atom. The molecule has 0 aliphatic carbocycles. The van der Waals surface area contributed by atoms with E-state index in [9.17, 15) is 0 Å². The zero-order valence-electron chi connectivity index (χ0n) is 13.5. The number of hydrogen-bond donors (Lipinski definition) is 1. The van der Waals surface area contributed by atoms with E-state index < -0.39 is 0 Å². The van der Waals surface area contributed by atoms with Gasteiger partial charge in [0.15, 0.2) is 0 Å². The number of nitrogens with one attached hydrogen (secondary N) is 1. The Morgan fingerprint density at radius 3 is 2.71 bits per heavy atom. The van der Waals surface area contributed by atoms with Crippen molar-refractivity contribution in [1.82, 2.24) is 4.57 Å². The molecular formula is C20H20Cl2N2. The molecule has 0 radical (unpaired) electrons. The fraction of sp³-hybridized carbons (Fsp3) is 0.300. The molecule has 1 aromatic heterocycles. The van der Waals surface area contributed by atoms with Gasteiger partial charge in [-0.15, -0.1) is 0 Å². The van der Waals surface area contributed by atoms with Gasteiger partial charge in [0.25, 0.3) is 0 Å². The third-order valence-electron chi connectivity index (χ3n) is 4.84. The number of aromatic nitrogens is 1. The Bertz CT molecular complexity index is 883. The SMILES string of the molecule is Clc1ccc2c3c1ccn3CCC2.Clc1cccc2c1CCCN2. The first-order valence-electron chi connectivity index (χ1n) is 8.51. The molecule has 0 spiro atoms. The summed E-state index contributed by atoms with van der Waals surface area (Å²) < 4.78 is 2.31. The molecule has 3 aromatic rings. The molecule has 0 atom stereocenters. The van der Waals surface area contributed by atoms with Crippen molar-refractivity contribution in [2.24, 2.45) is 0 Å². The highest BCUT2D eigenvalue weighted by Gasteiger charge is 2.13. The van der Waals surface area contributed by atoms with Crippen LogP contribution in [0.4, 0.5) is 5.69 Å². The first-order chi connectivity index (χ1) is 11.7. The number of halogens is 2. The topological polar surface area (TPSA) is 17.0 Å². The van der Waals surface area contributed by atoms with Crippen LogP contribution in [0.15, 0.2) is 42.6 Å². The molecule has 0 saturated heterocycles. The Kier molecular flexibility index (Phi) is 4.43. The summed E-state index contributed by atoms with van der Waals surface area (Å²) in [6, 6.07) is 12.3. The summed E-state index contributed by atoms with van der Waals surface area (Å²) in [5.41, 5.74) is 5.28. The maximum atomic E-state index is 6.11. The first-order valence-corrected chi connectivity index (χ1v) is 9.27. The minimum atomic E-state index is 0.874. The number of nitrogens with zero attached hydrogens (tertiary/aromatic N) is 1. The van der Waals surface area contributed by atoms with Crippen LogP contribution in [0.3, 0.4) is 0 Å². The summed E-state index contributed by atoms with van der Waals surface area (Å²) in [5, 5.41) is 6.30. The van der Waals surface area contributed by atoms with Crippen LogP contribution in [0.25, 0.3) is 10.9 Å². The molecule has 0 amide bonds. The molecule has 0 saturated carbocycles. The van der Waals surface area contributed by atoms with E-state index in [0.29, 0.717) is 0 Å². The van der Waals surface area contributed by atoms with Crippen molar-refractivity contribution in [3.05, 3.63) is 63.8 Å². The van der Waals surface area contributed by atoms with Crippen molar-refractivity contribution in [3.63, 3.8) is 0 Å². The van der Waals surface area contributed by atoms with Crippen LogP contribution >= 0.6 is 23.2 Å².